The molecule has 2 aromatic rings. The predicted octanol–water partition coefficient (Wildman–Crippen LogP) is 3.23. The fourth-order valence-electron chi connectivity index (χ4n) is 2.31. The Bertz CT molecular complexity index is 656. The van der Waals surface area contributed by atoms with Gasteiger partial charge >= 0.3 is 0 Å². The number of hydrogen-bond donors (Lipinski definition) is 2. The van der Waals surface area contributed by atoms with Gasteiger partial charge in [-0.15, -0.1) is 0 Å². The zero-order valence-electron chi connectivity index (χ0n) is 14.2. The number of halogens is 1. The molecule has 4 nitrogen and oxygen atoms in total. The number of ether oxygens (including phenoxy) is 1. The normalized spacial score (nSPS) is 11.4. The summed E-state index contributed by atoms with van der Waals surface area (Å²) in [5.74, 6) is 0.497. The van der Waals surface area contributed by atoms with Crippen molar-refractivity contribution in [2.75, 3.05) is 13.7 Å². The summed E-state index contributed by atoms with van der Waals surface area (Å²) >= 11 is 0. The van der Waals surface area contributed by atoms with Crippen LogP contribution in [-0.2, 0) is 24.4 Å². The van der Waals surface area contributed by atoms with Crippen molar-refractivity contribution >= 4 is 5.96 Å². The molecule has 0 fully saturated rings. The molecular formula is C19H24FN3O. The van der Waals surface area contributed by atoms with Gasteiger partial charge in [0.25, 0.3) is 0 Å². The highest BCUT2D eigenvalue weighted by Gasteiger charge is 2.03. The second kappa shape index (κ2) is 9.67. The minimum atomic E-state index is -0.234. The van der Waals surface area contributed by atoms with Crippen molar-refractivity contribution in [2.24, 2.45) is 4.99 Å². The van der Waals surface area contributed by atoms with E-state index in [1.807, 2.05) is 19.1 Å². The smallest absolute Gasteiger partial charge is 0.191 e. The maximum absolute atomic E-state index is 12.9. The van der Waals surface area contributed by atoms with Crippen LogP contribution in [-0.4, -0.2) is 19.6 Å². The van der Waals surface area contributed by atoms with Crippen LogP contribution in [0.25, 0.3) is 0 Å². The number of guanidine groups is 1. The van der Waals surface area contributed by atoms with Gasteiger partial charge in [0.1, 0.15) is 5.82 Å². The van der Waals surface area contributed by atoms with Crippen LogP contribution in [0, 0.1) is 5.82 Å². The Morgan fingerprint density at radius 3 is 2.42 bits per heavy atom. The van der Waals surface area contributed by atoms with E-state index in [1.165, 1.54) is 17.7 Å². The van der Waals surface area contributed by atoms with Crippen LogP contribution >= 0.6 is 0 Å². The molecule has 0 spiro atoms. The molecule has 0 radical (unpaired) electrons. The highest BCUT2D eigenvalue weighted by atomic mass is 19.1. The first-order chi connectivity index (χ1) is 11.7. The quantitative estimate of drug-likeness (QED) is 0.605. The third-order valence-electron chi connectivity index (χ3n) is 3.54. The molecule has 0 aliphatic rings. The molecule has 128 valence electrons. The Morgan fingerprint density at radius 2 is 1.75 bits per heavy atom. The first-order valence-corrected chi connectivity index (χ1v) is 8.05. The Kier molecular flexibility index (Phi) is 7.23. The van der Waals surface area contributed by atoms with Crippen molar-refractivity contribution in [3.63, 3.8) is 0 Å². The molecule has 0 saturated heterocycles. The van der Waals surface area contributed by atoms with E-state index in [2.05, 4.69) is 27.8 Å². The van der Waals surface area contributed by atoms with Gasteiger partial charge < -0.3 is 15.4 Å². The average Bonchev–Trinajstić information content (AvgIpc) is 2.60. The van der Waals surface area contributed by atoms with Crippen LogP contribution in [0.2, 0.25) is 0 Å². The number of methoxy groups -OCH3 is 1. The standard InChI is InChI=1S/C19H24FN3O/c1-3-21-19(22-12-15-8-10-18(20)11-9-15)23-13-16-6-4-5-7-17(16)14-24-2/h4-11H,3,12-14H2,1-2H3,(H2,21,22,23). The largest absolute Gasteiger partial charge is 0.380 e. The van der Waals surface area contributed by atoms with Crippen molar-refractivity contribution in [1.82, 2.24) is 10.6 Å². The van der Waals surface area contributed by atoms with Gasteiger partial charge in [-0.25, -0.2) is 9.38 Å². The third kappa shape index (κ3) is 5.66. The average molecular weight is 329 g/mol. The molecular weight excluding hydrogens is 305 g/mol. The zero-order valence-corrected chi connectivity index (χ0v) is 14.2. The Hall–Kier alpha value is -2.40. The Morgan fingerprint density at radius 1 is 1.04 bits per heavy atom. The van der Waals surface area contributed by atoms with E-state index in [4.69, 9.17) is 4.74 Å². The number of nitrogens with zero attached hydrogens (tertiary/aromatic N) is 1. The molecule has 2 aromatic carbocycles. The molecule has 0 bridgehead atoms. The van der Waals surface area contributed by atoms with Crippen molar-refractivity contribution < 1.29 is 9.13 Å². The lowest BCUT2D eigenvalue weighted by Crippen LogP contribution is -2.37. The molecule has 24 heavy (non-hydrogen) atoms. The van der Waals surface area contributed by atoms with E-state index in [9.17, 15) is 4.39 Å². The molecule has 0 aliphatic heterocycles. The maximum atomic E-state index is 12.9. The number of aliphatic imine (C=N–C) groups is 1. The summed E-state index contributed by atoms with van der Waals surface area (Å²) in [5.41, 5.74) is 3.29. The summed E-state index contributed by atoms with van der Waals surface area (Å²) < 4.78 is 18.2. The molecule has 0 heterocycles. The summed E-state index contributed by atoms with van der Waals surface area (Å²) in [5, 5.41) is 6.55. The third-order valence-corrected chi connectivity index (χ3v) is 3.54. The van der Waals surface area contributed by atoms with Crippen LogP contribution in [0.3, 0.4) is 0 Å². The van der Waals surface area contributed by atoms with E-state index >= 15 is 0 Å². The molecule has 0 unspecified atom stereocenters. The van der Waals surface area contributed by atoms with Crippen LogP contribution in [0.1, 0.15) is 23.6 Å². The summed E-state index contributed by atoms with van der Waals surface area (Å²) in [7, 11) is 1.69. The van der Waals surface area contributed by atoms with Crippen LogP contribution in [0.15, 0.2) is 53.5 Å². The molecule has 2 rings (SSSR count). The second-order valence-corrected chi connectivity index (χ2v) is 5.38. The number of hydrogen-bond acceptors (Lipinski definition) is 2. The molecule has 0 amide bonds. The molecule has 0 aliphatic carbocycles. The van der Waals surface area contributed by atoms with E-state index in [-0.39, 0.29) is 5.82 Å². The molecule has 0 saturated carbocycles. The predicted molar refractivity (Wildman–Crippen MR) is 95.2 cm³/mol. The fraction of sp³-hybridized carbons (Fsp3) is 0.316. The van der Waals surface area contributed by atoms with Gasteiger partial charge in [0, 0.05) is 20.2 Å². The fourth-order valence-corrected chi connectivity index (χ4v) is 2.31. The van der Waals surface area contributed by atoms with E-state index in [0.717, 1.165) is 23.6 Å². The molecule has 5 heteroatoms. The van der Waals surface area contributed by atoms with E-state index in [0.29, 0.717) is 19.7 Å². The first kappa shape index (κ1) is 17.9. The Labute approximate surface area is 142 Å². The van der Waals surface area contributed by atoms with Gasteiger partial charge in [0.2, 0.25) is 0 Å². The summed E-state index contributed by atoms with van der Waals surface area (Å²) in [4.78, 5) is 4.54. The van der Waals surface area contributed by atoms with Crippen molar-refractivity contribution in [2.45, 2.75) is 26.6 Å². The van der Waals surface area contributed by atoms with Crippen LogP contribution in [0.4, 0.5) is 4.39 Å². The molecule has 0 aromatic heterocycles. The highest BCUT2D eigenvalue weighted by Crippen LogP contribution is 2.09. The summed E-state index contributed by atoms with van der Waals surface area (Å²) in [6.45, 7) is 4.54. The number of rotatable bonds is 7. The first-order valence-electron chi connectivity index (χ1n) is 8.05. The zero-order chi connectivity index (χ0) is 17.2. The lowest BCUT2D eigenvalue weighted by Gasteiger charge is -2.14. The van der Waals surface area contributed by atoms with E-state index < -0.39 is 0 Å². The monoisotopic (exact) mass is 329 g/mol. The molecule has 2 N–H and O–H groups in total. The lowest BCUT2D eigenvalue weighted by atomic mass is 10.1. The van der Waals surface area contributed by atoms with Crippen LogP contribution in [0.5, 0.6) is 0 Å². The minimum absolute atomic E-state index is 0.234. The van der Waals surface area contributed by atoms with Gasteiger partial charge in [-0.2, -0.15) is 0 Å². The van der Waals surface area contributed by atoms with Gasteiger partial charge in [0.05, 0.1) is 13.2 Å². The lowest BCUT2D eigenvalue weighted by molar-refractivity contribution is 0.184. The van der Waals surface area contributed by atoms with Gasteiger partial charge in [0.15, 0.2) is 5.96 Å². The summed E-state index contributed by atoms with van der Waals surface area (Å²) in [6, 6.07) is 14.5. The maximum Gasteiger partial charge on any atom is 0.191 e. The summed E-state index contributed by atoms with van der Waals surface area (Å²) in [6.07, 6.45) is 0. The minimum Gasteiger partial charge on any atom is -0.380 e. The second-order valence-electron chi connectivity index (χ2n) is 5.38. The van der Waals surface area contributed by atoms with Crippen molar-refractivity contribution in [1.29, 1.82) is 0 Å². The van der Waals surface area contributed by atoms with Crippen molar-refractivity contribution in [3.8, 4) is 0 Å². The van der Waals surface area contributed by atoms with Crippen LogP contribution < -0.4 is 10.6 Å². The number of nitrogens with one attached hydrogen (secondary N) is 2. The Balaban J connectivity index is 2.00. The van der Waals surface area contributed by atoms with Gasteiger partial charge in [-0.05, 0) is 35.7 Å². The van der Waals surface area contributed by atoms with E-state index in [1.54, 1.807) is 19.2 Å². The van der Waals surface area contributed by atoms with Gasteiger partial charge in [-0.1, -0.05) is 36.4 Å². The van der Waals surface area contributed by atoms with Crippen molar-refractivity contribution in [3.05, 3.63) is 71.0 Å². The highest BCUT2D eigenvalue weighted by molar-refractivity contribution is 5.79. The molecule has 0 atom stereocenters. The van der Waals surface area contributed by atoms with Gasteiger partial charge in [-0.3, -0.25) is 0 Å². The topological polar surface area (TPSA) is 45.7 Å². The SMILES string of the molecule is CCNC(=NCc1ccc(F)cc1)NCc1ccccc1COC. The number of benzene rings is 2.